The minimum absolute atomic E-state index is 0.00903. The number of amides is 2. The van der Waals surface area contributed by atoms with Crippen LogP contribution in [0.5, 0.6) is 0 Å². The number of esters is 2. The molecule has 9 heteroatoms. The second kappa shape index (κ2) is 10.1. The molecule has 0 aromatic heterocycles. The van der Waals surface area contributed by atoms with Crippen LogP contribution in [0, 0.1) is 11.7 Å². The van der Waals surface area contributed by atoms with Crippen molar-refractivity contribution in [2.75, 3.05) is 13.2 Å². The van der Waals surface area contributed by atoms with Crippen LogP contribution in [0.25, 0.3) is 0 Å². The summed E-state index contributed by atoms with van der Waals surface area (Å²) in [4.78, 5) is 47.9. The number of rotatable bonds is 9. The summed E-state index contributed by atoms with van der Waals surface area (Å²) in [6.07, 6.45) is -0.530. The van der Waals surface area contributed by atoms with E-state index in [-0.39, 0.29) is 18.8 Å². The smallest absolute Gasteiger partial charge is 0.312 e. The zero-order chi connectivity index (χ0) is 19.7. The molecule has 0 spiro atoms. The van der Waals surface area contributed by atoms with Gasteiger partial charge in [0.05, 0.1) is 31.1 Å². The molecule has 0 aliphatic heterocycles. The lowest BCUT2D eigenvalue weighted by Gasteiger charge is -2.23. The Morgan fingerprint density at radius 2 is 1.73 bits per heavy atom. The highest BCUT2D eigenvalue weighted by molar-refractivity contribution is 5.99. The van der Waals surface area contributed by atoms with Gasteiger partial charge in [0.25, 0.3) is 5.91 Å². The zero-order valence-corrected chi connectivity index (χ0v) is 14.5. The first-order valence-corrected chi connectivity index (χ1v) is 7.98. The van der Waals surface area contributed by atoms with Crippen LogP contribution >= 0.6 is 0 Å². The van der Waals surface area contributed by atoms with E-state index in [0.717, 1.165) is 6.07 Å². The fourth-order valence-corrected chi connectivity index (χ4v) is 2.22. The van der Waals surface area contributed by atoms with Crippen molar-refractivity contribution < 1.29 is 33.0 Å². The molecule has 0 fully saturated rings. The Bertz CT molecular complexity index is 679. The molecule has 26 heavy (non-hydrogen) atoms. The normalized spacial score (nSPS) is 12.6. The summed E-state index contributed by atoms with van der Waals surface area (Å²) in [5.74, 6) is -5.91. The number of primary amides is 1. The van der Waals surface area contributed by atoms with Crippen molar-refractivity contribution in [3.63, 3.8) is 0 Å². The van der Waals surface area contributed by atoms with Gasteiger partial charge in [-0.15, -0.1) is 0 Å². The fourth-order valence-electron chi connectivity index (χ4n) is 2.22. The van der Waals surface area contributed by atoms with Gasteiger partial charge in [0.15, 0.2) is 0 Å². The van der Waals surface area contributed by atoms with Gasteiger partial charge < -0.3 is 20.5 Å². The molecule has 8 nitrogen and oxygen atoms in total. The summed E-state index contributed by atoms with van der Waals surface area (Å²) >= 11 is 0. The van der Waals surface area contributed by atoms with Crippen LogP contribution in [0.1, 0.15) is 30.6 Å². The van der Waals surface area contributed by atoms with E-state index < -0.39 is 48.0 Å². The van der Waals surface area contributed by atoms with E-state index in [1.165, 1.54) is 25.1 Å². The first-order valence-electron chi connectivity index (χ1n) is 7.98. The van der Waals surface area contributed by atoms with Crippen molar-refractivity contribution in [3.8, 4) is 0 Å². The first-order chi connectivity index (χ1) is 12.3. The van der Waals surface area contributed by atoms with Crippen LogP contribution in [0.15, 0.2) is 24.3 Å². The van der Waals surface area contributed by atoms with Crippen molar-refractivity contribution in [1.82, 2.24) is 5.32 Å². The second-order valence-electron chi connectivity index (χ2n) is 5.20. The molecule has 0 heterocycles. The lowest BCUT2D eigenvalue weighted by molar-refractivity contribution is -0.156. The van der Waals surface area contributed by atoms with Crippen molar-refractivity contribution in [2.24, 2.45) is 11.7 Å². The third-order valence-electron chi connectivity index (χ3n) is 3.40. The van der Waals surface area contributed by atoms with Crippen molar-refractivity contribution in [2.45, 2.75) is 26.3 Å². The van der Waals surface area contributed by atoms with E-state index in [1.54, 1.807) is 6.92 Å². The maximum Gasteiger partial charge on any atom is 0.312 e. The predicted octanol–water partition coefficient (Wildman–Crippen LogP) is 0.542. The molecule has 2 amide bonds. The summed E-state index contributed by atoms with van der Waals surface area (Å²) in [6, 6.07) is 3.51. The van der Waals surface area contributed by atoms with Gasteiger partial charge >= 0.3 is 11.9 Å². The maximum atomic E-state index is 13.7. The molecule has 0 aliphatic rings. The van der Waals surface area contributed by atoms with Crippen molar-refractivity contribution in [1.29, 1.82) is 0 Å². The quantitative estimate of drug-likeness (QED) is 0.613. The molecule has 142 valence electrons. The van der Waals surface area contributed by atoms with Gasteiger partial charge in [-0.1, -0.05) is 12.1 Å². The summed E-state index contributed by atoms with van der Waals surface area (Å²) in [5, 5.41) is 2.20. The lowest BCUT2D eigenvalue weighted by atomic mass is 9.95. The Hall–Kier alpha value is -2.97. The Balaban J connectivity index is 3.08. The topological polar surface area (TPSA) is 125 Å². The summed E-state index contributed by atoms with van der Waals surface area (Å²) in [5.41, 5.74) is 4.94. The van der Waals surface area contributed by atoms with Crippen LogP contribution < -0.4 is 11.1 Å². The SMILES string of the molecule is CCOC(=O)C[C@H](C(=O)OCC)[C@@H](NC(=O)c1ccccc1F)C(N)=O. The van der Waals surface area contributed by atoms with Crippen LogP contribution in [-0.4, -0.2) is 43.0 Å². The molecule has 0 saturated heterocycles. The standard InChI is InChI=1S/C17H21FN2O6/c1-3-25-13(21)9-11(17(24)26-4-2)14(15(19)22)20-16(23)10-7-5-6-8-12(10)18/h5-8,11,14H,3-4,9H2,1-2H3,(H2,19,22)(H,20,23)/t11-,14+/m0/s1. The van der Waals surface area contributed by atoms with E-state index in [1.807, 2.05) is 0 Å². The second-order valence-corrected chi connectivity index (χ2v) is 5.20. The number of hydrogen-bond acceptors (Lipinski definition) is 6. The number of ether oxygens (including phenoxy) is 2. The number of carbonyl (C=O) groups is 4. The number of carbonyl (C=O) groups excluding carboxylic acids is 4. The first kappa shape index (κ1) is 21.1. The Labute approximate surface area is 149 Å². The fraction of sp³-hybridized carbons (Fsp3) is 0.412. The largest absolute Gasteiger partial charge is 0.466 e. The average molecular weight is 368 g/mol. The number of nitrogens with one attached hydrogen (secondary N) is 1. The van der Waals surface area contributed by atoms with Crippen molar-refractivity contribution >= 4 is 23.8 Å². The highest BCUT2D eigenvalue weighted by atomic mass is 19.1. The summed E-state index contributed by atoms with van der Waals surface area (Å²) in [7, 11) is 0. The third kappa shape index (κ3) is 5.83. The van der Waals surface area contributed by atoms with Gasteiger partial charge in [-0.2, -0.15) is 0 Å². The summed E-state index contributed by atoms with van der Waals surface area (Å²) in [6.45, 7) is 3.17. The highest BCUT2D eigenvalue weighted by Crippen LogP contribution is 2.15. The highest BCUT2D eigenvalue weighted by Gasteiger charge is 2.37. The predicted molar refractivity (Wildman–Crippen MR) is 88.2 cm³/mol. The molecular formula is C17H21FN2O6. The molecule has 0 unspecified atom stereocenters. The maximum absolute atomic E-state index is 13.7. The minimum atomic E-state index is -1.58. The van der Waals surface area contributed by atoms with Gasteiger partial charge in [-0.3, -0.25) is 19.2 Å². The van der Waals surface area contributed by atoms with Crippen molar-refractivity contribution in [3.05, 3.63) is 35.6 Å². The monoisotopic (exact) mass is 368 g/mol. The van der Waals surface area contributed by atoms with E-state index in [9.17, 15) is 23.6 Å². The van der Waals surface area contributed by atoms with Crippen LogP contribution in [0.4, 0.5) is 4.39 Å². The molecule has 1 rings (SSSR count). The van der Waals surface area contributed by atoms with E-state index in [0.29, 0.717) is 0 Å². The average Bonchev–Trinajstić information content (AvgIpc) is 2.58. The van der Waals surface area contributed by atoms with Gasteiger partial charge in [0, 0.05) is 0 Å². The number of hydrogen-bond donors (Lipinski definition) is 2. The van der Waals surface area contributed by atoms with Crippen LogP contribution in [0.3, 0.4) is 0 Å². The molecule has 0 aliphatic carbocycles. The third-order valence-corrected chi connectivity index (χ3v) is 3.40. The van der Waals surface area contributed by atoms with Gasteiger partial charge in [0.1, 0.15) is 11.9 Å². The van der Waals surface area contributed by atoms with E-state index in [2.05, 4.69) is 5.32 Å². The molecule has 0 saturated carbocycles. The number of benzene rings is 1. The number of halogens is 1. The van der Waals surface area contributed by atoms with E-state index >= 15 is 0 Å². The minimum Gasteiger partial charge on any atom is -0.466 e. The molecule has 0 bridgehead atoms. The molecule has 3 N–H and O–H groups in total. The molecule has 1 aromatic carbocycles. The Morgan fingerprint density at radius 1 is 1.12 bits per heavy atom. The lowest BCUT2D eigenvalue weighted by Crippen LogP contribution is -2.52. The Morgan fingerprint density at radius 3 is 2.27 bits per heavy atom. The van der Waals surface area contributed by atoms with Crippen LogP contribution in [-0.2, 0) is 23.9 Å². The summed E-state index contributed by atoms with van der Waals surface area (Å²) < 4.78 is 23.4. The van der Waals surface area contributed by atoms with Gasteiger partial charge in [-0.05, 0) is 26.0 Å². The van der Waals surface area contributed by atoms with Gasteiger partial charge in [-0.25, -0.2) is 4.39 Å². The molecule has 0 radical (unpaired) electrons. The number of nitrogens with two attached hydrogens (primary N) is 1. The van der Waals surface area contributed by atoms with Crippen LogP contribution in [0.2, 0.25) is 0 Å². The van der Waals surface area contributed by atoms with E-state index in [4.69, 9.17) is 15.2 Å². The molecule has 2 atom stereocenters. The van der Waals surface area contributed by atoms with Gasteiger partial charge in [0.2, 0.25) is 5.91 Å². The molecular weight excluding hydrogens is 347 g/mol. The molecule has 1 aromatic rings. The zero-order valence-electron chi connectivity index (χ0n) is 14.5. The Kier molecular flexibility index (Phi) is 8.20.